The van der Waals surface area contributed by atoms with Crippen molar-refractivity contribution in [3.8, 4) is 0 Å². The lowest BCUT2D eigenvalue weighted by Crippen LogP contribution is -2.38. The molecule has 0 unspecified atom stereocenters. The lowest BCUT2D eigenvalue weighted by Gasteiger charge is -2.47. The molecule has 0 saturated heterocycles. The Hall–Kier alpha value is -4.60. The van der Waals surface area contributed by atoms with Crippen LogP contribution >= 0.6 is 15.8 Å². The summed E-state index contributed by atoms with van der Waals surface area (Å²) in [6.07, 6.45) is 0. The van der Waals surface area contributed by atoms with Crippen molar-refractivity contribution in [3.05, 3.63) is 214 Å². The van der Waals surface area contributed by atoms with E-state index in [2.05, 4.69) is 184 Å². The predicted octanol–water partition coefficient (Wildman–Crippen LogP) is 8.81. The fourth-order valence-electron chi connectivity index (χ4n) is 8.36. The first-order valence-electron chi connectivity index (χ1n) is 16.9. The third kappa shape index (κ3) is 4.66. The third-order valence-corrected chi connectivity index (χ3v) is 15.3. The fraction of sp³-hybridized carbons (Fsp3) is 0.0870. The molecule has 0 spiro atoms. The van der Waals surface area contributed by atoms with Crippen LogP contribution in [0.2, 0.25) is 0 Å². The Labute approximate surface area is 286 Å². The molecule has 0 radical (unpaired) electrons. The zero-order chi connectivity index (χ0) is 32.2. The van der Waals surface area contributed by atoms with Crippen LogP contribution in [0.1, 0.15) is 56.3 Å². The first-order valence-corrected chi connectivity index (χ1v) is 19.5. The Morgan fingerprint density at radius 1 is 0.312 bits per heavy atom. The summed E-state index contributed by atoms with van der Waals surface area (Å²) >= 11 is 0. The predicted molar refractivity (Wildman–Crippen MR) is 208 cm³/mol. The van der Waals surface area contributed by atoms with E-state index in [-0.39, 0.29) is 11.8 Å². The summed E-state index contributed by atoms with van der Waals surface area (Å²) in [7, 11) is -1.55. The molecule has 0 atom stereocenters. The van der Waals surface area contributed by atoms with Gasteiger partial charge in [0, 0.05) is 11.8 Å². The van der Waals surface area contributed by atoms with Gasteiger partial charge in [-0.2, -0.15) is 0 Å². The summed E-state index contributed by atoms with van der Waals surface area (Å²) in [6.45, 7) is 4.67. The molecule has 0 amide bonds. The van der Waals surface area contributed by atoms with Gasteiger partial charge in [-0.15, -0.1) is 0 Å². The van der Waals surface area contributed by atoms with Gasteiger partial charge in [0.2, 0.25) is 0 Å². The Morgan fingerprint density at radius 2 is 0.646 bits per heavy atom. The van der Waals surface area contributed by atoms with E-state index in [1.165, 1.54) is 65.2 Å². The molecule has 2 bridgehead atoms. The molecule has 0 aromatic heterocycles. The van der Waals surface area contributed by atoms with Crippen LogP contribution in [0.15, 0.2) is 170 Å². The molecule has 7 aromatic rings. The number of aryl methyl sites for hydroxylation is 2. The van der Waals surface area contributed by atoms with Crippen molar-refractivity contribution in [2.24, 2.45) is 0 Å². The van der Waals surface area contributed by atoms with E-state index in [1.807, 2.05) is 0 Å². The van der Waals surface area contributed by atoms with Crippen LogP contribution in [0.3, 0.4) is 0 Å². The number of hydrogen-bond donors (Lipinski definition) is 0. The summed E-state index contributed by atoms with van der Waals surface area (Å²) in [5.74, 6) is 0.374. The molecule has 3 aliphatic carbocycles. The zero-order valence-electron chi connectivity index (χ0n) is 27.2. The highest BCUT2D eigenvalue weighted by Gasteiger charge is 2.46. The Balaban J connectivity index is 1.37. The van der Waals surface area contributed by atoms with Gasteiger partial charge in [-0.3, -0.25) is 0 Å². The SMILES string of the molecule is Cc1ccc(C)c2c1C1c3cccc(P(c4ccccc4)c4ccccc4)c3C2c2c1cccc2P(c1ccccc1)c1ccccc1. The Morgan fingerprint density at radius 3 is 1.00 bits per heavy atom. The van der Waals surface area contributed by atoms with E-state index in [0.29, 0.717) is 0 Å². The first kappa shape index (κ1) is 29.5. The van der Waals surface area contributed by atoms with E-state index in [1.54, 1.807) is 11.1 Å². The van der Waals surface area contributed by atoms with E-state index in [9.17, 15) is 0 Å². The van der Waals surface area contributed by atoms with Gasteiger partial charge in [0.15, 0.2) is 0 Å². The van der Waals surface area contributed by atoms with Gasteiger partial charge >= 0.3 is 0 Å². The van der Waals surface area contributed by atoms with E-state index < -0.39 is 15.8 Å². The van der Waals surface area contributed by atoms with Crippen LogP contribution in [0.5, 0.6) is 0 Å². The fourth-order valence-corrected chi connectivity index (χ4v) is 13.4. The number of hydrogen-bond acceptors (Lipinski definition) is 0. The van der Waals surface area contributed by atoms with Crippen molar-refractivity contribution < 1.29 is 0 Å². The van der Waals surface area contributed by atoms with Crippen molar-refractivity contribution in [1.29, 1.82) is 0 Å². The van der Waals surface area contributed by atoms with Gasteiger partial charge in [0.1, 0.15) is 0 Å². The van der Waals surface area contributed by atoms with Crippen LogP contribution in [-0.4, -0.2) is 0 Å². The average Bonchev–Trinajstić information content (AvgIpc) is 3.15. The average molecular weight is 651 g/mol. The quantitative estimate of drug-likeness (QED) is 0.158. The minimum Gasteiger partial charge on any atom is -0.0622 e. The minimum absolute atomic E-state index is 0.164. The van der Waals surface area contributed by atoms with Crippen LogP contribution in [-0.2, 0) is 0 Å². The molecule has 2 heteroatoms. The molecular formula is C46H36P2. The lowest BCUT2D eigenvalue weighted by atomic mass is 9.59. The second-order valence-corrected chi connectivity index (χ2v) is 17.3. The smallest absolute Gasteiger partial charge is 0.0365 e. The maximum Gasteiger partial charge on any atom is 0.0365 e. The lowest BCUT2D eigenvalue weighted by molar-refractivity contribution is 0.751. The topological polar surface area (TPSA) is 0 Å². The zero-order valence-corrected chi connectivity index (χ0v) is 29.0. The summed E-state index contributed by atoms with van der Waals surface area (Å²) in [6, 6.07) is 64.1. The molecule has 3 aliphatic rings. The van der Waals surface area contributed by atoms with Crippen LogP contribution in [0.4, 0.5) is 0 Å². The number of rotatable bonds is 6. The summed E-state index contributed by atoms with van der Waals surface area (Å²) in [5, 5.41) is 8.59. The summed E-state index contributed by atoms with van der Waals surface area (Å²) in [4.78, 5) is 0. The molecule has 0 aliphatic heterocycles. The molecule has 0 fully saturated rings. The van der Waals surface area contributed by atoms with Gasteiger partial charge in [-0.25, -0.2) is 0 Å². The summed E-state index contributed by atoms with van der Waals surface area (Å²) in [5.41, 5.74) is 11.9. The highest BCUT2D eigenvalue weighted by Crippen LogP contribution is 2.59. The van der Waals surface area contributed by atoms with Gasteiger partial charge < -0.3 is 0 Å². The highest BCUT2D eigenvalue weighted by molar-refractivity contribution is 7.80. The molecule has 0 saturated carbocycles. The third-order valence-electron chi connectivity index (χ3n) is 10.3. The minimum atomic E-state index is -0.776. The molecule has 0 nitrogen and oxygen atoms in total. The second kappa shape index (κ2) is 12.1. The maximum absolute atomic E-state index is 2.45. The van der Waals surface area contributed by atoms with Crippen molar-refractivity contribution in [2.45, 2.75) is 25.7 Å². The summed E-state index contributed by atoms with van der Waals surface area (Å²) < 4.78 is 0. The van der Waals surface area contributed by atoms with Gasteiger partial charge in [-0.1, -0.05) is 170 Å². The highest BCUT2D eigenvalue weighted by atomic mass is 31.1. The van der Waals surface area contributed by atoms with E-state index >= 15 is 0 Å². The van der Waals surface area contributed by atoms with Crippen molar-refractivity contribution >= 4 is 47.7 Å². The van der Waals surface area contributed by atoms with Gasteiger partial charge in [0.05, 0.1) is 0 Å². The van der Waals surface area contributed by atoms with E-state index in [0.717, 1.165) is 0 Å². The maximum atomic E-state index is 2.45. The van der Waals surface area contributed by atoms with E-state index in [4.69, 9.17) is 0 Å². The molecule has 0 N–H and O–H groups in total. The van der Waals surface area contributed by atoms with Crippen LogP contribution in [0, 0.1) is 13.8 Å². The Kier molecular flexibility index (Phi) is 7.46. The Bertz CT molecular complexity index is 2050. The second-order valence-electron chi connectivity index (χ2n) is 13.0. The van der Waals surface area contributed by atoms with Crippen LogP contribution in [0.25, 0.3) is 0 Å². The standard InChI is InChI=1S/C46H36P2/c1-31-29-30-32(2)42-41(31)43-37-25-15-27-39(47(33-17-7-3-8-18-33)34-19-9-4-10-20-34)44(37)46(42)45-38(43)26-16-28-40(45)48(35-21-11-5-12-22-35)36-23-13-6-14-24-36/h3-30,43,46H,1-2H3. The molecule has 0 heterocycles. The molecule has 48 heavy (non-hydrogen) atoms. The van der Waals surface area contributed by atoms with Crippen LogP contribution < -0.4 is 31.8 Å². The monoisotopic (exact) mass is 650 g/mol. The van der Waals surface area contributed by atoms with Crippen molar-refractivity contribution in [3.63, 3.8) is 0 Å². The van der Waals surface area contributed by atoms with Gasteiger partial charge in [-0.05, 0) is 106 Å². The first-order chi connectivity index (χ1) is 23.7. The van der Waals surface area contributed by atoms with Crippen molar-refractivity contribution in [1.82, 2.24) is 0 Å². The molecule has 230 valence electrons. The number of benzene rings is 7. The largest absolute Gasteiger partial charge is 0.0622 e. The normalized spacial score (nSPS) is 15.7. The molecule has 10 rings (SSSR count). The molecule has 7 aromatic carbocycles. The molecular weight excluding hydrogens is 614 g/mol. The van der Waals surface area contributed by atoms with Gasteiger partial charge in [0.25, 0.3) is 0 Å². The van der Waals surface area contributed by atoms with Crippen molar-refractivity contribution in [2.75, 3.05) is 0 Å².